The number of hydrogen-bond acceptors (Lipinski definition) is 2. The molecule has 2 bridgehead atoms. The second-order valence-electron chi connectivity index (χ2n) is 5.07. The largest absolute Gasteiger partial charge is 0.358 e. The summed E-state index contributed by atoms with van der Waals surface area (Å²) in [5.41, 5.74) is -0.864. The first-order chi connectivity index (χ1) is 6.46. The standard InChI is InChI=1S/C11H17NO2/c1-10(2)7-4-5-11(10,8(13)6-7)9(14)12-3/h7H,4-6H2,1-3H3,(H,12,14)/t7-,11+/m0/s1. The Hall–Kier alpha value is -0.860. The quantitative estimate of drug-likeness (QED) is 0.637. The Kier molecular flexibility index (Phi) is 1.79. The zero-order valence-electron chi connectivity index (χ0n) is 9.02. The van der Waals surface area contributed by atoms with Crippen LogP contribution >= 0.6 is 0 Å². The molecule has 0 saturated heterocycles. The van der Waals surface area contributed by atoms with E-state index in [0.717, 1.165) is 12.8 Å². The number of rotatable bonds is 1. The molecule has 1 amide bonds. The van der Waals surface area contributed by atoms with Crippen LogP contribution in [0.1, 0.15) is 33.1 Å². The molecule has 3 nitrogen and oxygen atoms in total. The van der Waals surface area contributed by atoms with Crippen LogP contribution in [0.4, 0.5) is 0 Å². The lowest BCUT2D eigenvalue weighted by Crippen LogP contribution is -2.48. The molecule has 2 aliphatic carbocycles. The van der Waals surface area contributed by atoms with E-state index in [-0.39, 0.29) is 17.1 Å². The van der Waals surface area contributed by atoms with Crippen molar-refractivity contribution in [2.24, 2.45) is 16.7 Å². The van der Waals surface area contributed by atoms with Crippen LogP contribution in [0.3, 0.4) is 0 Å². The minimum absolute atomic E-state index is 0.0764. The third kappa shape index (κ3) is 0.787. The van der Waals surface area contributed by atoms with Gasteiger partial charge in [-0.3, -0.25) is 9.59 Å². The summed E-state index contributed by atoms with van der Waals surface area (Å²) < 4.78 is 0. The van der Waals surface area contributed by atoms with E-state index < -0.39 is 5.41 Å². The molecule has 0 unspecified atom stereocenters. The normalized spacial score (nSPS) is 38.8. The first kappa shape index (κ1) is 9.69. The van der Waals surface area contributed by atoms with Gasteiger partial charge in [0.1, 0.15) is 11.2 Å². The number of fused-ring (bicyclic) bond motifs is 2. The summed E-state index contributed by atoms with van der Waals surface area (Å²) in [5.74, 6) is 0.484. The molecule has 3 heteroatoms. The first-order valence-corrected chi connectivity index (χ1v) is 5.22. The number of Topliss-reactive ketones (excluding diaryl/α,β-unsaturated/α-hetero) is 1. The van der Waals surface area contributed by atoms with Gasteiger partial charge in [-0.1, -0.05) is 13.8 Å². The minimum Gasteiger partial charge on any atom is -0.358 e. The maximum atomic E-state index is 11.9. The van der Waals surface area contributed by atoms with E-state index in [1.807, 2.05) is 0 Å². The van der Waals surface area contributed by atoms with Gasteiger partial charge in [0.15, 0.2) is 0 Å². The highest BCUT2D eigenvalue weighted by atomic mass is 16.2. The van der Waals surface area contributed by atoms with Gasteiger partial charge in [-0.2, -0.15) is 0 Å². The topological polar surface area (TPSA) is 46.2 Å². The zero-order chi connectivity index (χ0) is 10.6. The number of nitrogens with one attached hydrogen (secondary N) is 1. The number of hydrogen-bond donors (Lipinski definition) is 1. The van der Waals surface area contributed by atoms with Gasteiger partial charge in [-0.05, 0) is 24.2 Å². The van der Waals surface area contributed by atoms with Crippen LogP contribution in [0.15, 0.2) is 0 Å². The predicted octanol–water partition coefficient (Wildman–Crippen LogP) is 1.13. The Morgan fingerprint density at radius 3 is 2.50 bits per heavy atom. The summed E-state index contributed by atoms with van der Waals surface area (Å²) in [6.45, 7) is 4.12. The third-order valence-corrected chi connectivity index (χ3v) is 4.51. The fraction of sp³-hybridized carbons (Fsp3) is 0.818. The van der Waals surface area contributed by atoms with Crippen molar-refractivity contribution in [2.75, 3.05) is 7.05 Å². The fourth-order valence-corrected chi connectivity index (χ4v) is 3.42. The van der Waals surface area contributed by atoms with Crippen LogP contribution in [-0.2, 0) is 9.59 Å². The van der Waals surface area contributed by atoms with E-state index in [2.05, 4.69) is 19.2 Å². The van der Waals surface area contributed by atoms with Gasteiger partial charge in [0.2, 0.25) is 5.91 Å². The molecule has 0 aromatic carbocycles. The summed E-state index contributed by atoms with van der Waals surface area (Å²) in [4.78, 5) is 23.8. The number of amides is 1. The van der Waals surface area contributed by atoms with Crippen molar-refractivity contribution >= 4 is 11.7 Å². The lowest BCUT2D eigenvalue weighted by Gasteiger charge is -2.34. The smallest absolute Gasteiger partial charge is 0.234 e. The van der Waals surface area contributed by atoms with Gasteiger partial charge >= 0.3 is 0 Å². The molecule has 2 atom stereocenters. The van der Waals surface area contributed by atoms with Crippen molar-refractivity contribution in [3.05, 3.63) is 0 Å². The van der Waals surface area contributed by atoms with Gasteiger partial charge in [-0.15, -0.1) is 0 Å². The minimum atomic E-state index is -0.716. The van der Waals surface area contributed by atoms with Crippen LogP contribution in [0.25, 0.3) is 0 Å². The molecule has 2 aliphatic rings. The molecule has 2 saturated carbocycles. The summed E-state index contributed by atoms with van der Waals surface area (Å²) >= 11 is 0. The zero-order valence-corrected chi connectivity index (χ0v) is 9.02. The Bertz CT molecular complexity index is 308. The second kappa shape index (κ2) is 2.59. The van der Waals surface area contributed by atoms with E-state index in [4.69, 9.17) is 0 Å². The maximum absolute atomic E-state index is 11.9. The Balaban J connectivity index is 2.49. The summed E-state index contributed by atoms with van der Waals surface area (Å²) in [6, 6.07) is 0. The Labute approximate surface area is 84.2 Å². The summed E-state index contributed by atoms with van der Waals surface area (Å²) in [7, 11) is 1.62. The van der Waals surface area contributed by atoms with Crippen LogP contribution in [-0.4, -0.2) is 18.7 Å². The highest BCUT2D eigenvalue weighted by Crippen LogP contribution is 2.63. The predicted molar refractivity (Wildman–Crippen MR) is 52.6 cm³/mol. The molecular weight excluding hydrogens is 178 g/mol. The van der Waals surface area contributed by atoms with Gasteiger partial charge in [-0.25, -0.2) is 0 Å². The van der Waals surface area contributed by atoms with E-state index in [0.29, 0.717) is 12.3 Å². The Morgan fingerprint density at radius 2 is 2.14 bits per heavy atom. The van der Waals surface area contributed by atoms with Crippen molar-refractivity contribution < 1.29 is 9.59 Å². The van der Waals surface area contributed by atoms with E-state index in [9.17, 15) is 9.59 Å². The average molecular weight is 195 g/mol. The van der Waals surface area contributed by atoms with Crippen molar-refractivity contribution in [1.82, 2.24) is 5.32 Å². The molecule has 0 aromatic heterocycles. The number of ketones is 1. The molecule has 0 aromatic rings. The van der Waals surface area contributed by atoms with Crippen LogP contribution < -0.4 is 5.32 Å². The van der Waals surface area contributed by atoms with Crippen molar-refractivity contribution in [3.63, 3.8) is 0 Å². The van der Waals surface area contributed by atoms with Crippen LogP contribution in [0, 0.1) is 16.7 Å². The van der Waals surface area contributed by atoms with Crippen LogP contribution in [0.2, 0.25) is 0 Å². The highest BCUT2D eigenvalue weighted by molar-refractivity contribution is 6.09. The van der Waals surface area contributed by atoms with Crippen molar-refractivity contribution in [3.8, 4) is 0 Å². The monoisotopic (exact) mass is 195 g/mol. The number of carbonyl (C=O) groups is 2. The maximum Gasteiger partial charge on any atom is 0.234 e. The third-order valence-electron chi connectivity index (χ3n) is 4.51. The van der Waals surface area contributed by atoms with Crippen molar-refractivity contribution in [2.45, 2.75) is 33.1 Å². The summed E-state index contributed by atoms with van der Waals surface area (Å²) in [6.07, 6.45) is 2.36. The second-order valence-corrected chi connectivity index (χ2v) is 5.07. The first-order valence-electron chi connectivity index (χ1n) is 5.22. The van der Waals surface area contributed by atoms with Gasteiger partial charge in [0.05, 0.1) is 0 Å². The molecule has 78 valence electrons. The number of carbonyl (C=O) groups excluding carboxylic acids is 2. The van der Waals surface area contributed by atoms with Crippen molar-refractivity contribution in [1.29, 1.82) is 0 Å². The van der Waals surface area contributed by atoms with E-state index >= 15 is 0 Å². The lowest BCUT2D eigenvalue weighted by atomic mass is 9.68. The molecule has 1 N–H and O–H groups in total. The highest BCUT2D eigenvalue weighted by Gasteiger charge is 2.67. The SMILES string of the molecule is CNC(=O)[C@@]12CC[C@@H](CC1=O)C2(C)C. The van der Waals surface area contributed by atoms with E-state index in [1.54, 1.807) is 7.05 Å². The molecule has 14 heavy (non-hydrogen) atoms. The molecule has 0 spiro atoms. The fourth-order valence-electron chi connectivity index (χ4n) is 3.42. The molecule has 0 radical (unpaired) electrons. The summed E-state index contributed by atoms with van der Waals surface area (Å²) in [5, 5.41) is 2.65. The molecule has 0 aliphatic heterocycles. The lowest BCUT2D eigenvalue weighted by molar-refractivity contribution is -0.144. The van der Waals surface area contributed by atoms with Crippen LogP contribution in [0.5, 0.6) is 0 Å². The molecule has 2 rings (SSSR count). The van der Waals surface area contributed by atoms with E-state index in [1.165, 1.54) is 0 Å². The van der Waals surface area contributed by atoms with Gasteiger partial charge in [0.25, 0.3) is 0 Å². The molecule has 0 heterocycles. The average Bonchev–Trinajstić information content (AvgIpc) is 2.49. The van der Waals surface area contributed by atoms with Gasteiger partial charge in [0, 0.05) is 13.5 Å². The molecule has 2 fully saturated rings. The Morgan fingerprint density at radius 1 is 1.50 bits per heavy atom. The molecular formula is C11H17NO2. The van der Waals surface area contributed by atoms with Gasteiger partial charge < -0.3 is 5.32 Å².